The van der Waals surface area contributed by atoms with Crippen LogP contribution in [-0.2, 0) is 6.42 Å². The van der Waals surface area contributed by atoms with Crippen LogP contribution in [0.15, 0.2) is 78.9 Å². The quantitative estimate of drug-likeness (QED) is 0.396. The summed E-state index contributed by atoms with van der Waals surface area (Å²) in [5.74, 6) is -0.0867. The van der Waals surface area contributed by atoms with E-state index in [9.17, 15) is 14.9 Å². The number of rotatable bonds is 3. The Hall–Kier alpha value is -3.93. The van der Waals surface area contributed by atoms with E-state index in [1.807, 2.05) is 47.4 Å². The third-order valence-electron chi connectivity index (χ3n) is 5.71. The molecule has 6 nitrogen and oxygen atoms in total. The Balaban J connectivity index is 1.69. The minimum absolute atomic E-state index is 0.0165. The molecule has 0 radical (unpaired) electrons. The molecule has 0 unspecified atom stereocenters. The van der Waals surface area contributed by atoms with E-state index in [1.54, 1.807) is 24.3 Å². The smallest absolute Gasteiger partial charge is 0.269 e. The molecule has 0 saturated carbocycles. The number of aromatic amines is 1. The second kappa shape index (κ2) is 7.15. The van der Waals surface area contributed by atoms with Crippen LogP contribution in [0.2, 0.25) is 0 Å². The summed E-state index contributed by atoms with van der Waals surface area (Å²) in [6.45, 7) is 0.538. The molecule has 1 aliphatic rings. The summed E-state index contributed by atoms with van der Waals surface area (Å²) < 4.78 is 0. The topological polar surface area (TPSA) is 79.2 Å². The van der Waals surface area contributed by atoms with E-state index in [2.05, 4.69) is 11.1 Å². The molecule has 1 N–H and O–H groups in total. The lowest BCUT2D eigenvalue weighted by atomic mass is 9.91. The predicted octanol–water partition coefficient (Wildman–Crippen LogP) is 4.86. The van der Waals surface area contributed by atoms with Crippen molar-refractivity contribution in [3.63, 3.8) is 0 Å². The van der Waals surface area contributed by atoms with Gasteiger partial charge in [-0.2, -0.15) is 0 Å². The van der Waals surface area contributed by atoms with Gasteiger partial charge in [-0.15, -0.1) is 0 Å². The molecule has 1 atom stereocenters. The number of aromatic nitrogens is 1. The highest BCUT2D eigenvalue weighted by atomic mass is 16.6. The minimum Gasteiger partial charge on any atom is -0.356 e. The molecule has 4 aromatic rings. The van der Waals surface area contributed by atoms with Gasteiger partial charge in [0.15, 0.2) is 0 Å². The van der Waals surface area contributed by atoms with Crippen molar-refractivity contribution in [2.75, 3.05) is 6.54 Å². The van der Waals surface area contributed by atoms with Gasteiger partial charge in [-0.25, -0.2) is 0 Å². The molecule has 3 aromatic carbocycles. The van der Waals surface area contributed by atoms with Gasteiger partial charge in [-0.05, 0) is 35.7 Å². The van der Waals surface area contributed by atoms with Crippen LogP contribution in [0.3, 0.4) is 0 Å². The highest BCUT2D eigenvalue weighted by molar-refractivity contribution is 5.95. The van der Waals surface area contributed by atoms with Crippen LogP contribution in [0, 0.1) is 10.1 Å². The maximum absolute atomic E-state index is 13.4. The second-order valence-corrected chi connectivity index (χ2v) is 7.43. The van der Waals surface area contributed by atoms with E-state index >= 15 is 0 Å². The van der Waals surface area contributed by atoms with Crippen LogP contribution in [0.5, 0.6) is 0 Å². The zero-order valence-corrected chi connectivity index (χ0v) is 16.1. The number of benzene rings is 3. The van der Waals surface area contributed by atoms with Crippen LogP contribution in [0.25, 0.3) is 10.9 Å². The van der Waals surface area contributed by atoms with Crippen molar-refractivity contribution in [1.82, 2.24) is 9.88 Å². The monoisotopic (exact) mass is 397 g/mol. The molecular formula is C24H19N3O3. The summed E-state index contributed by atoms with van der Waals surface area (Å²) in [4.78, 5) is 29.7. The average Bonchev–Trinajstić information content (AvgIpc) is 3.17. The summed E-state index contributed by atoms with van der Waals surface area (Å²) in [6.07, 6.45) is 0.726. The van der Waals surface area contributed by atoms with Gasteiger partial charge in [0.05, 0.1) is 11.0 Å². The third-order valence-corrected chi connectivity index (χ3v) is 5.71. The van der Waals surface area contributed by atoms with Crippen LogP contribution in [0.1, 0.15) is 33.2 Å². The first-order valence-corrected chi connectivity index (χ1v) is 9.83. The molecule has 0 aliphatic carbocycles. The van der Waals surface area contributed by atoms with Crippen LogP contribution >= 0.6 is 0 Å². The van der Waals surface area contributed by atoms with Gasteiger partial charge in [0.1, 0.15) is 0 Å². The number of amides is 1. The van der Waals surface area contributed by atoms with Gasteiger partial charge in [-0.3, -0.25) is 14.9 Å². The van der Waals surface area contributed by atoms with E-state index in [0.29, 0.717) is 12.1 Å². The number of H-pyrrole nitrogens is 1. The van der Waals surface area contributed by atoms with Gasteiger partial charge in [0.25, 0.3) is 11.6 Å². The molecule has 1 aliphatic heterocycles. The van der Waals surface area contributed by atoms with Crippen molar-refractivity contribution in [1.29, 1.82) is 0 Å². The van der Waals surface area contributed by atoms with Crippen LogP contribution in [-0.4, -0.2) is 27.3 Å². The fourth-order valence-electron chi connectivity index (χ4n) is 4.36. The lowest BCUT2D eigenvalue weighted by Crippen LogP contribution is -2.40. The normalized spacial score (nSPS) is 15.7. The molecule has 0 spiro atoms. The highest BCUT2D eigenvalue weighted by Gasteiger charge is 2.35. The number of fused-ring (bicyclic) bond motifs is 3. The van der Waals surface area contributed by atoms with E-state index in [4.69, 9.17) is 0 Å². The largest absolute Gasteiger partial charge is 0.356 e. The lowest BCUT2D eigenvalue weighted by Gasteiger charge is -2.36. The number of carbonyl (C=O) groups is 1. The highest BCUT2D eigenvalue weighted by Crippen LogP contribution is 2.39. The molecule has 0 fully saturated rings. The number of hydrogen-bond donors (Lipinski definition) is 1. The van der Waals surface area contributed by atoms with Crippen molar-refractivity contribution < 1.29 is 9.72 Å². The van der Waals surface area contributed by atoms with E-state index in [-0.39, 0.29) is 11.6 Å². The first-order chi connectivity index (χ1) is 14.6. The Morgan fingerprint density at radius 3 is 2.57 bits per heavy atom. The molecule has 2 heterocycles. The van der Waals surface area contributed by atoms with Crippen molar-refractivity contribution in [3.05, 3.63) is 111 Å². The first kappa shape index (κ1) is 18.1. The summed E-state index contributed by atoms with van der Waals surface area (Å²) in [7, 11) is 0. The Bertz CT molecular complexity index is 1260. The van der Waals surface area contributed by atoms with E-state index < -0.39 is 11.0 Å². The van der Waals surface area contributed by atoms with Gasteiger partial charge < -0.3 is 9.88 Å². The van der Waals surface area contributed by atoms with Gasteiger partial charge in [-0.1, -0.05) is 48.5 Å². The second-order valence-electron chi connectivity index (χ2n) is 7.43. The Morgan fingerprint density at radius 2 is 1.77 bits per heavy atom. The maximum atomic E-state index is 13.4. The molecule has 30 heavy (non-hydrogen) atoms. The molecule has 0 bridgehead atoms. The maximum Gasteiger partial charge on any atom is 0.269 e. The number of nitrogens with zero attached hydrogens (tertiary/aromatic N) is 2. The third kappa shape index (κ3) is 2.93. The van der Waals surface area contributed by atoms with Crippen molar-refractivity contribution in [2.45, 2.75) is 12.5 Å². The molecular weight excluding hydrogens is 378 g/mol. The van der Waals surface area contributed by atoms with E-state index in [1.165, 1.54) is 11.6 Å². The number of para-hydroxylation sites is 1. The zero-order chi connectivity index (χ0) is 20.7. The zero-order valence-electron chi connectivity index (χ0n) is 16.1. The molecule has 0 saturated heterocycles. The summed E-state index contributed by atoms with van der Waals surface area (Å²) >= 11 is 0. The van der Waals surface area contributed by atoms with Gasteiger partial charge >= 0.3 is 0 Å². The fraction of sp³-hybridized carbons (Fsp3) is 0.125. The molecule has 1 aromatic heterocycles. The molecule has 148 valence electrons. The lowest BCUT2D eigenvalue weighted by molar-refractivity contribution is -0.384. The Kier molecular flexibility index (Phi) is 4.32. The number of nitro benzene ring substituents is 1. The number of hydrogen-bond acceptors (Lipinski definition) is 3. The standard InChI is InChI=1S/C24H19N3O3/c28-24(16-7-2-1-3-8-16)26-14-13-20-19-11-4-5-12-21(19)25-22(20)23(26)17-9-6-10-18(15-17)27(29)30/h1-12,15,23,25H,13-14H2/t23-/m1/s1. The predicted molar refractivity (Wildman–Crippen MR) is 114 cm³/mol. The van der Waals surface area contributed by atoms with E-state index in [0.717, 1.165) is 28.6 Å². The van der Waals surface area contributed by atoms with Crippen molar-refractivity contribution in [2.24, 2.45) is 0 Å². The first-order valence-electron chi connectivity index (χ1n) is 9.83. The molecule has 6 heteroatoms. The SMILES string of the molecule is O=C(c1ccccc1)N1CCc2c([nH]c3ccccc23)[C@H]1c1cccc([N+](=O)[O-])c1. The molecule has 5 rings (SSSR count). The average molecular weight is 397 g/mol. The van der Waals surface area contributed by atoms with Gasteiger partial charge in [0.2, 0.25) is 0 Å². The summed E-state index contributed by atoms with van der Waals surface area (Å²) in [5, 5.41) is 12.5. The van der Waals surface area contributed by atoms with Crippen LogP contribution in [0.4, 0.5) is 5.69 Å². The Morgan fingerprint density at radius 1 is 1.00 bits per heavy atom. The number of non-ortho nitro benzene ring substituents is 1. The van der Waals surface area contributed by atoms with Crippen LogP contribution < -0.4 is 0 Å². The number of carbonyl (C=O) groups excluding carboxylic acids is 1. The number of nitro groups is 1. The van der Waals surface area contributed by atoms with Gasteiger partial charge in [0, 0.05) is 40.8 Å². The Labute approximate surface area is 172 Å². The van der Waals surface area contributed by atoms with Crippen molar-refractivity contribution in [3.8, 4) is 0 Å². The summed E-state index contributed by atoms with van der Waals surface area (Å²) in [6, 6.07) is 23.4. The fourth-order valence-corrected chi connectivity index (χ4v) is 4.36. The number of nitrogens with one attached hydrogen (secondary N) is 1. The summed E-state index contributed by atoms with van der Waals surface area (Å²) in [5.41, 5.74) is 4.44. The molecule has 1 amide bonds. The van der Waals surface area contributed by atoms with Crippen molar-refractivity contribution >= 4 is 22.5 Å². The minimum atomic E-state index is -0.422.